The minimum absolute atomic E-state index is 0. The third kappa shape index (κ3) is 1.92. The molecule has 2 heterocycles. The number of aromatic nitrogens is 2. The van der Waals surface area contributed by atoms with Crippen molar-refractivity contribution in [2.45, 2.75) is 0 Å². The van der Waals surface area contributed by atoms with Crippen LogP contribution in [0.3, 0.4) is 0 Å². The zero-order valence-corrected chi connectivity index (χ0v) is 10.8. The summed E-state index contributed by atoms with van der Waals surface area (Å²) in [7, 11) is 0. The summed E-state index contributed by atoms with van der Waals surface area (Å²) in [5, 5.41) is 4.47. The molecule has 3 heteroatoms. The average molecular weight is 385 g/mol. The minimum atomic E-state index is 0. The van der Waals surface area contributed by atoms with E-state index in [-0.39, 0.29) is 20.1 Å². The number of fused-ring (bicyclic) bond motifs is 1. The van der Waals surface area contributed by atoms with Crippen molar-refractivity contribution in [2.75, 3.05) is 0 Å². The molecule has 1 aromatic carbocycles. The maximum absolute atomic E-state index is 4.47. The maximum Gasteiger partial charge on any atom is 0.0566 e. The van der Waals surface area contributed by atoms with Crippen LogP contribution in [0.4, 0.5) is 0 Å². The third-order valence-electron chi connectivity index (χ3n) is 2.35. The first-order chi connectivity index (χ1) is 7.43. The van der Waals surface area contributed by atoms with Gasteiger partial charge in [0, 0.05) is 32.0 Å². The van der Waals surface area contributed by atoms with E-state index in [0.717, 1.165) is 16.8 Å². The van der Waals surface area contributed by atoms with Crippen LogP contribution in [0, 0.1) is 6.07 Å². The Labute approximate surface area is 107 Å². The predicted molar refractivity (Wildman–Crippen MR) is 59.5 cm³/mol. The van der Waals surface area contributed by atoms with Crippen molar-refractivity contribution < 1.29 is 20.1 Å². The van der Waals surface area contributed by atoms with E-state index in [9.17, 15) is 0 Å². The van der Waals surface area contributed by atoms with Gasteiger partial charge in [0.2, 0.25) is 0 Å². The molecule has 0 atom stereocenters. The Bertz CT molecular complexity index is 554. The van der Waals surface area contributed by atoms with E-state index in [2.05, 4.69) is 17.2 Å². The number of hydrogen-bond acceptors (Lipinski definition) is 1. The molecule has 0 unspecified atom stereocenters. The zero-order chi connectivity index (χ0) is 10.1. The Kier molecular flexibility index (Phi) is 3.18. The second-order valence-electron chi connectivity index (χ2n) is 3.38. The van der Waals surface area contributed by atoms with Gasteiger partial charge in [0.05, 0.1) is 5.52 Å². The number of pyridine rings is 1. The summed E-state index contributed by atoms with van der Waals surface area (Å²) in [6.07, 6.45) is 1.95. The van der Waals surface area contributed by atoms with Crippen LogP contribution in [-0.2, 0) is 20.1 Å². The fourth-order valence-electron chi connectivity index (χ4n) is 1.62. The molecule has 0 spiro atoms. The van der Waals surface area contributed by atoms with Gasteiger partial charge in [-0.25, -0.2) is 5.10 Å². The van der Waals surface area contributed by atoms with Crippen molar-refractivity contribution >= 4 is 5.52 Å². The molecule has 0 aliphatic heterocycles. The molecule has 0 N–H and O–H groups in total. The average Bonchev–Trinajstić information content (AvgIpc) is 2.74. The van der Waals surface area contributed by atoms with Crippen LogP contribution in [-0.4, -0.2) is 9.61 Å². The number of rotatable bonds is 1. The molecule has 81 valence electrons. The topological polar surface area (TPSA) is 17.3 Å². The quantitative estimate of drug-likeness (QED) is 0.589. The molecule has 3 rings (SSSR count). The van der Waals surface area contributed by atoms with Crippen LogP contribution in [0.2, 0.25) is 0 Å². The Balaban J connectivity index is 0.000000963. The number of nitrogens with zero attached hydrogens (tertiary/aromatic N) is 2. The van der Waals surface area contributed by atoms with Crippen LogP contribution < -0.4 is 0 Å². The Morgan fingerprint density at radius 3 is 2.69 bits per heavy atom. The van der Waals surface area contributed by atoms with Gasteiger partial charge in [-0.2, -0.15) is 0 Å². The smallest absolute Gasteiger partial charge is 0.0566 e. The number of hydrogen-bond donors (Lipinski definition) is 0. The van der Waals surface area contributed by atoms with Gasteiger partial charge in [-0.05, 0) is 12.1 Å². The summed E-state index contributed by atoms with van der Waals surface area (Å²) < 4.78 is 1.87. The first-order valence-corrected chi connectivity index (χ1v) is 4.85. The van der Waals surface area contributed by atoms with Crippen molar-refractivity contribution in [1.82, 2.24) is 9.61 Å². The Morgan fingerprint density at radius 2 is 1.94 bits per heavy atom. The van der Waals surface area contributed by atoms with E-state index in [0.29, 0.717) is 0 Å². The molecule has 0 aliphatic carbocycles. The van der Waals surface area contributed by atoms with E-state index < -0.39 is 0 Å². The normalized spacial score (nSPS) is 10.0. The predicted octanol–water partition coefficient (Wildman–Crippen LogP) is 2.80. The molecule has 0 fully saturated rings. The van der Waals surface area contributed by atoms with E-state index in [1.807, 2.05) is 53.2 Å². The van der Waals surface area contributed by atoms with Gasteiger partial charge in [0.1, 0.15) is 0 Å². The molecule has 3 aromatic rings. The summed E-state index contributed by atoms with van der Waals surface area (Å²) in [4.78, 5) is 0. The standard InChI is InChI=1S/C13H9N2.Ir/c1-2-6-11(7-3-1)13-10-12-8-4-5-9-15(12)14-13;/h1-6,8-10H;/q-1;. The van der Waals surface area contributed by atoms with Gasteiger partial charge < -0.3 is 0 Å². The molecule has 0 aliphatic rings. The molecule has 2 aromatic heterocycles. The zero-order valence-electron chi connectivity index (χ0n) is 8.42. The van der Waals surface area contributed by atoms with Crippen LogP contribution in [0.1, 0.15) is 0 Å². The fraction of sp³-hybridized carbons (Fsp3) is 0. The third-order valence-corrected chi connectivity index (χ3v) is 2.35. The van der Waals surface area contributed by atoms with Gasteiger partial charge in [-0.15, -0.1) is 35.9 Å². The largest absolute Gasteiger partial charge is 0.250 e. The molecule has 0 amide bonds. The second kappa shape index (κ2) is 4.60. The van der Waals surface area contributed by atoms with Crippen LogP contribution in [0.15, 0.2) is 54.7 Å². The SMILES string of the molecule is [Ir].[c-]1ccccc1-c1cc2ccccn2n1. The van der Waals surface area contributed by atoms with E-state index in [4.69, 9.17) is 0 Å². The minimum Gasteiger partial charge on any atom is -0.250 e. The van der Waals surface area contributed by atoms with E-state index in [1.54, 1.807) is 0 Å². The molecule has 0 saturated heterocycles. The van der Waals surface area contributed by atoms with Crippen molar-refractivity contribution in [3.8, 4) is 11.3 Å². The molecular weight excluding hydrogens is 376 g/mol. The van der Waals surface area contributed by atoms with Crippen LogP contribution in [0.25, 0.3) is 16.8 Å². The fourth-order valence-corrected chi connectivity index (χ4v) is 1.62. The molecule has 1 radical (unpaired) electrons. The summed E-state index contributed by atoms with van der Waals surface area (Å²) in [6.45, 7) is 0. The Hall–Kier alpha value is -1.44. The molecule has 0 bridgehead atoms. The molecule has 0 saturated carbocycles. The summed E-state index contributed by atoms with van der Waals surface area (Å²) >= 11 is 0. The first kappa shape index (κ1) is 11.1. The van der Waals surface area contributed by atoms with Crippen LogP contribution in [0.5, 0.6) is 0 Å². The first-order valence-electron chi connectivity index (χ1n) is 4.85. The van der Waals surface area contributed by atoms with Crippen molar-refractivity contribution in [3.05, 3.63) is 60.8 Å². The molecule has 2 nitrogen and oxygen atoms in total. The van der Waals surface area contributed by atoms with Gasteiger partial charge in [0.15, 0.2) is 0 Å². The number of benzene rings is 1. The summed E-state index contributed by atoms with van der Waals surface area (Å²) in [5.74, 6) is 0. The molecule has 16 heavy (non-hydrogen) atoms. The van der Waals surface area contributed by atoms with Crippen molar-refractivity contribution in [3.63, 3.8) is 0 Å². The van der Waals surface area contributed by atoms with Gasteiger partial charge >= 0.3 is 0 Å². The summed E-state index contributed by atoms with van der Waals surface area (Å²) in [6, 6.07) is 19.1. The van der Waals surface area contributed by atoms with Crippen molar-refractivity contribution in [1.29, 1.82) is 0 Å². The summed E-state index contributed by atoms with van der Waals surface area (Å²) in [5.41, 5.74) is 3.09. The monoisotopic (exact) mass is 386 g/mol. The van der Waals surface area contributed by atoms with Crippen molar-refractivity contribution in [2.24, 2.45) is 0 Å². The van der Waals surface area contributed by atoms with E-state index in [1.165, 1.54) is 0 Å². The van der Waals surface area contributed by atoms with Gasteiger partial charge in [-0.3, -0.25) is 4.52 Å². The Morgan fingerprint density at radius 1 is 1.06 bits per heavy atom. The second-order valence-corrected chi connectivity index (χ2v) is 3.38. The van der Waals surface area contributed by atoms with Gasteiger partial charge in [0.25, 0.3) is 0 Å². The molecular formula is C13H9IrN2-. The van der Waals surface area contributed by atoms with Crippen LogP contribution >= 0.6 is 0 Å². The van der Waals surface area contributed by atoms with Gasteiger partial charge in [-0.1, -0.05) is 12.1 Å². The maximum atomic E-state index is 4.47. The van der Waals surface area contributed by atoms with E-state index >= 15 is 0 Å².